The quantitative estimate of drug-likeness (QED) is 0.757. The molecule has 0 saturated carbocycles. The number of hydrogen-bond acceptors (Lipinski definition) is 4. The predicted molar refractivity (Wildman–Crippen MR) is 89.0 cm³/mol. The number of aliphatic carboxylic acids is 1. The highest BCUT2D eigenvalue weighted by atomic mass is 32.1. The first-order chi connectivity index (χ1) is 11.0. The lowest BCUT2D eigenvalue weighted by Gasteiger charge is -2.11. The van der Waals surface area contributed by atoms with Gasteiger partial charge < -0.3 is 15.7 Å². The number of carbonyl (C=O) groups is 3. The van der Waals surface area contributed by atoms with Crippen LogP contribution in [0.3, 0.4) is 0 Å². The molecule has 7 heteroatoms. The van der Waals surface area contributed by atoms with E-state index in [1.807, 2.05) is 12.3 Å². The van der Waals surface area contributed by atoms with Crippen molar-refractivity contribution in [1.29, 1.82) is 0 Å². The summed E-state index contributed by atoms with van der Waals surface area (Å²) in [6.45, 7) is 1.82. The topological polar surface area (TPSA) is 95.5 Å². The van der Waals surface area contributed by atoms with Gasteiger partial charge in [0.15, 0.2) is 0 Å². The summed E-state index contributed by atoms with van der Waals surface area (Å²) in [6, 6.07) is 8.69. The number of carbonyl (C=O) groups excluding carboxylic acids is 2. The van der Waals surface area contributed by atoms with E-state index in [0.717, 1.165) is 5.56 Å². The lowest BCUT2D eigenvalue weighted by Crippen LogP contribution is -2.15. The largest absolute Gasteiger partial charge is 0.481 e. The molecule has 0 spiro atoms. The van der Waals surface area contributed by atoms with Crippen molar-refractivity contribution in [3.8, 4) is 0 Å². The summed E-state index contributed by atoms with van der Waals surface area (Å²) >= 11 is 1.34. The van der Waals surface area contributed by atoms with Gasteiger partial charge in [0.2, 0.25) is 5.91 Å². The van der Waals surface area contributed by atoms with E-state index >= 15 is 0 Å². The van der Waals surface area contributed by atoms with Crippen LogP contribution in [0.2, 0.25) is 0 Å². The highest BCUT2D eigenvalue weighted by Crippen LogP contribution is 2.22. The second-order valence-corrected chi connectivity index (χ2v) is 5.85. The lowest BCUT2D eigenvalue weighted by molar-refractivity contribution is -0.138. The number of carboxylic acid groups (broad SMARTS) is 1. The molecule has 2 amide bonds. The van der Waals surface area contributed by atoms with E-state index < -0.39 is 5.97 Å². The number of hydrogen-bond donors (Lipinski definition) is 3. The molecule has 1 heterocycles. The van der Waals surface area contributed by atoms with Crippen LogP contribution in [0.15, 0.2) is 35.7 Å². The Hall–Kier alpha value is -2.67. The summed E-state index contributed by atoms with van der Waals surface area (Å²) in [5.74, 6) is -1.61. The van der Waals surface area contributed by atoms with Crippen LogP contribution in [0, 0.1) is 6.92 Å². The van der Waals surface area contributed by atoms with Crippen LogP contribution in [0.4, 0.5) is 11.4 Å². The molecular formula is C16H16N2O4S. The first-order valence-electron chi connectivity index (χ1n) is 6.93. The normalized spacial score (nSPS) is 10.1. The van der Waals surface area contributed by atoms with E-state index in [4.69, 9.17) is 5.11 Å². The van der Waals surface area contributed by atoms with E-state index in [9.17, 15) is 14.4 Å². The first-order valence-corrected chi connectivity index (χ1v) is 7.81. The Labute approximate surface area is 137 Å². The van der Waals surface area contributed by atoms with Crippen molar-refractivity contribution in [1.82, 2.24) is 0 Å². The van der Waals surface area contributed by atoms with E-state index in [-0.39, 0.29) is 24.7 Å². The van der Waals surface area contributed by atoms with Gasteiger partial charge in [0.05, 0.1) is 11.3 Å². The maximum absolute atomic E-state index is 12.0. The van der Waals surface area contributed by atoms with Gasteiger partial charge in [-0.2, -0.15) is 0 Å². The molecule has 3 N–H and O–H groups in total. The fourth-order valence-corrected chi connectivity index (χ4v) is 2.49. The minimum absolute atomic E-state index is 0.0967. The van der Waals surface area contributed by atoms with Crippen molar-refractivity contribution in [2.45, 2.75) is 19.8 Å². The van der Waals surface area contributed by atoms with E-state index in [1.54, 1.807) is 30.3 Å². The maximum atomic E-state index is 12.0. The molecule has 120 valence electrons. The fourth-order valence-electron chi connectivity index (χ4n) is 1.87. The van der Waals surface area contributed by atoms with E-state index in [1.165, 1.54) is 11.3 Å². The van der Waals surface area contributed by atoms with Gasteiger partial charge in [-0.3, -0.25) is 14.4 Å². The van der Waals surface area contributed by atoms with Gasteiger partial charge in [-0.15, -0.1) is 11.3 Å². The molecule has 0 bridgehead atoms. The molecule has 0 fully saturated rings. The SMILES string of the molecule is Cc1ccc(NC(=O)c2cccs2)cc1NC(=O)CCC(=O)O. The monoisotopic (exact) mass is 332 g/mol. The van der Waals surface area contributed by atoms with Crippen LogP contribution in [0.25, 0.3) is 0 Å². The number of carboxylic acids is 1. The number of aryl methyl sites for hydroxylation is 1. The van der Waals surface area contributed by atoms with Gasteiger partial charge in [0, 0.05) is 17.8 Å². The lowest BCUT2D eigenvalue weighted by atomic mass is 10.1. The van der Waals surface area contributed by atoms with Crippen molar-refractivity contribution in [3.63, 3.8) is 0 Å². The van der Waals surface area contributed by atoms with Gasteiger partial charge in [0.1, 0.15) is 0 Å². The Balaban J connectivity index is 2.05. The average Bonchev–Trinajstić information content (AvgIpc) is 3.03. The van der Waals surface area contributed by atoms with Gasteiger partial charge in [-0.25, -0.2) is 0 Å². The number of benzene rings is 1. The highest BCUT2D eigenvalue weighted by molar-refractivity contribution is 7.12. The standard InChI is InChI=1S/C16H16N2O4S/c1-10-4-5-11(17-16(22)13-3-2-8-23-13)9-12(10)18-14(19)6-7-15(20)21/h2-5,8-9H,6-7H2,1H3,(H,17,22)(H,18,19)(H,20,21). The van der Waals surface area contributed by atoms with Crippen LogP contribution in [-0.2, 0) is 9.59 Å². The van der Waals surface area contributed by atoms with Gasteiger partial charge in [-0.05, 0) is 36.1 Å². The second-order valence-electron chi connectivity index (χ2n) is 4.90. The molecule has 2 rings (SSSR count). The molecular weight excluding hydrogens is 316 g/mol. The van der Waals surface area contributed by atoms with Crippen molar-refractivity contribution in [3.05, 3.63) is 46.2 Å². The smallest absolute Gasteiger partial charge is 0.303 e. The third-order valence-corrected chi connectivity index (χ3v) is 3.95. The summed E-state index contributed by atoms with van der Waals surface area (Å²) < 4.78 is 0. The molecule has 0 saturated heterocycles. The Morgan fingerprint density at radius 2 is 1.91 bits per heavy atom. The molecule has 0 aliphatic rings. The summed E-state index contributed by atoms with van der Waals surface area (Å²) in [5, 5.41) is 15.8. The second kappa shape index (κ2) is 7.55. The van der Waals surface area contributed by atoms with E-state index in [2.05, 4.69) is 10.6 Å². The van der Waals surface area contributed by atoms with Gasteiger partial charge in [-0.1, -0.05) is 12.1 Å². The third-order valence-electron chi connectivity index (χ3n) is 3.08. The highest BCUT2D eigenvalue weighted by Gasteiger charge is 2.10. The number of anilines is 2. The average molecular weight is 332 g/mol. The maximum Gasteiger partial charge on any atom is 0.303 e. The van der Waals surface area contributed by atoms with Crippen LogP contribution < -0.4 is 10.6 Å². The van der Waals surface area contributed by atoms with Crippen LogP contribution in [0.1, 0.15) is 28.1 Å². The number of rotatable bonds is 6. The number of nitrogens with one attached hydrogen (secondary N) is 2. The van der Waals surface area contributed by atoms with Gasteiger partial charge in [0.25, 0.3) is 5.91 Å². The summed E-state index contributed by atoms with van der Waals surface area (Å²) in [4.78, 5) is 34.8. The fraction of sp³-hybridized carbons (Fsp3) is 0.188. The molecule has 0 radical (unpaired) electrons. The zero-order valence-corrected chi connectivity index (χ0v) is 13.3. The van der Waals surface area contributed by atoms with Crippen molar-refractivity contribution in [2.24, 2.45) is 0 Å². The number of thiophene rings is 1. The minimum Gasteiger partial charge on any atom is -0.481 e. The molecule has 0 aliphatic heterocycles. The predicted octanol–water partition coefficient (Wildman–Crippen LogP) is 3.11. The molecule has 23 heavy (non-hydrogen) atoms. The van der Waals surface area contributed by atoms with Crippen molar-refractivity contribution < 1.29 is 19.5 Å². The molecule has 0 unspecified atom stereocenters. The molecule has 1 aromatic heterocycles. The molecule has 0 aliphatic carbocycles. The molecule has 0 atom stereocenters. The summed E-state index contributed by atoms with van der Waals surface area (Å²) in [6.07, 6.45) is -0.319. The zero-order valence-electron chi connectivity index (χ0n) is 12.5. The third kappa shape index (κ3) is 4.93. The molecule has 1 aromatic carbocycles. The zero-order chi connectivity index (χ0) is 16.8. The van der Waals surface area contributed by atoms with Crippen LogP contribution in [0.5, 0.6) is 0 Å². The summed E-state index contributed by atoms with van der Waals surface area (Å²) in [7, 11) is 0. The molecule has 2 aromatic rings. The number of amides is 2. The van der Waals surface area contributed by atoms with Crippen LogP contribution >= 0.6 is 11.3 Å². The minimum atomic E-state index is -1.02. The van der Waals surface area contributed by atoms with E-state index in [0.29, 0.717) is 16.3 Å². The van der Waals surface area contributed by atoms with Gasteiger partial charge >= 0.3 is 5.97 Å². The summed E-state index contributed by atoms with van der Waals surface area (Å²) in [5.41, 5.74) is 1.93. The Morgan fingerprint density at radius 1 is 1.13 bits per heavy atom. The van der Waals surface area contributed by atoms with Crippen LogP contribution in [-0.4, -0.2) is 22.9 Å². The van der Waals surface area contributed by atoms with Crippen molar-refractivity contribution >= 4 is 40.5 Å². The Morgan fingerprint density at radius 3 is 2.57 bits per heavy atom. The first kappa shape index (κ1) is 16.7. The Kier molecular flexibility index (Phi) is 5.48. The van der Waals surface area contributed by atoms with Crippen molar-refractivity contribution in [2.75, 3.05) is 10.6 Å². The Bertz CT molecular complexity index is 726. The molecule has 6 nitrogen and oxygen atoms in total.